The predicted molar refractivity (Wildman–Crippen MR) is 33.2 cm³/mol. The average molecular weight is 136 g/mol. The zero-order valence-electron chi connectivity index (χ0n) is 5.00. The number of carbonyl (C=O) groups excluding carboxylic acids is 2. The van der Waals surface area contributed by atoms with Crippen molar-refractivity contribution in [3.63, 3.8) is 0 Å². The molecule has 10 heavy (non-hydrogen) atoms. The maximum Gasteiger partial charge on any atom is 0.304 e. The Hall–Kier alpha value is -1.67. The van der Waals surface area contributed by atoms with Crippen LogP contribution in [0.1, 0.15) is 10.5 Å². The molecule has 0 aliphatic rings. The zero-order valence-corrected chi connectivity index (χ0v) is 5.00. The number of hydrogen-bond donors (Lipinski definition) is 1. The number of rotatable bonds is 1. The van der Waals surface area contributed by atoms with Crippen LogP contribution in [0.5, 0.6) is 0 Å². The average Bonchev–Trinajstić information content (AvgIpc) is 2.38. The predicted octanol–water partition coefficient (Wildman–Crippen LogP) is 0.491. The van der Waals surface area contributed by atoms with E-state index in [2.05, 4.69) is 9.98 Å². The second-order valence-corrected chi connectivity index (χ2v) is 1.59. The van der Waals surface area contributed by atoms with Crippen molar-refractivity contribution in [3.05, 3.63) is 24.0 Å². The molecule has 1 rings (SSSR count). The minimum Gasteiger partial charge on any atom is -0.357 e. The second kappa shape index (κ2) is 2.75. The number of nitrogens with one attached hydrogen (secondary N) is 1. The van der Waals surface area contributed by atoms with Gasteiger partial charge in [-0.3, -0.25) is 4.79 Å². The lowest BCUT2D eigenvalue weighted by Crippen LogP contribution is -1.92. The molecule has 0 fully saturated rings. The van der Waals surface area contributed by atoms with E-state index in [1.54, 1.807) is 12.3 Å². The Labute approximate surface area is 56.6 Å². The molecule has 1 heterocycles. The minimum absolute atomic E-state index is 0.295. The Morgan fingerprint density at radius 1 is 1.70 bits per heavy atom. The Morgan fingerprint density at radius 3 is 3.00 bits per heavy atom. The first-order valence-electron chi connectivity index (χ1n) is 2.60. The van der Waals surface area contributed by atoms with Gasteiger partial charge in [0.2, 0.25) is 6.08 Å². The Bertz CT molecular complexity index is 270. The lowest BCUT2D eigenvalue weighted by Gasteiger charge is -1.81. The van der Waals surface area contributed by atoms with Gasteiger partial charge in [-0.25, -0.2) is 4.79 Å². The van der Waals surface area contributed by atoms with Gasteiger partial charge in [-0.1, -0.05) is 0 Å². The first-order valence-corrected chi connectivity index (χ1v) is 2.60. The van der Waals surface area contributed by atoms with Crippen molar-refractivity contribution in [2.75, 3.05) is 0 Å². The molecule has 0 bridgehead atoms. The van der Waals surface area contributed by atoms with E-state index in [4.69, 9.17) is 0 Å². The molecule has 1 aromatic heterocycles. The molecule has 1 aromatic rings. The van der Waals surface area contributed by atoms with Gasteiger partial charge in [0.1, 0.15) is 5.69 Å². The van der Waals surface area contributed by atoms with E-state index in [1.165, 1.54) is 6.07 Å². The van der Waals surface area contributed by atoms with Crippen molar-refractivity contribution in [1.82, 2.24) is 4.98 Å². The highest BCUT2D eigenvalue weighted by molar-refractivity contribution is 5.95. The number of aliphatic imine (C=N–C) groups is 1. The molecule has 0 saturated carbocycles. The van der Waals surface area contributed by atoms with Crippen LogP contribution in [-0.2, 0) is 4.79 Å². The maximum atomic E-state index is 10.6. The Kier molecular flexibility index (Phi) is 1.78. The van der Waals surface area contributed by atoms with Crippen molar-refractivity contribution >= 4 is 12.0 Å². The molecule has 4 nitrogen and oxygen atoms in total. The third-order valence-electron chi connectivity index (χ3n) is 0.976. The third-order valence-corrected chi connectivity index (χ3v) is 0.976. The molecule has 0 spiro atoms. The van der Waals surface area contributed by atoms with E-state index < -0.39 is 5.91 Å². The van der Waals surface area contributed by atoms with Crippen LogP contribution in [0.15, 0.2) is 23.3 Å². The molecule has 0 atom stereocenters. The standard InChI is InChI=1S/C6H4N2O2/c9-4-8-6(10)5-2-1-3-7-5/h1-3,7H. The molecule has 1 N–H and O–H groups in total. The van der Waals surface area contributed by atoms with Crippen LogP contribution in [-0.4, -0.2) is 17.0 Å². The van der Waals surface area contributed by atoms with Crippen LogP contribution in [0, 0.1) is 0 Å². The summed E-state index contributed by atoms with van der Waals surface area (Å²) in [5, 5.41) is 0. The fourth-order valence-corrected chi connectivity index (χ4v) is 0.565. The van der Waals surface area contributed by atoms with Gasteiger partial charge < -0.3 is 4.98 Å². The van der Waals surface area contributed by atoms with Crippen LogP contribution >= 0.6 is 0 Å². The van der Waals surface area contributed by atoms with Gasteiger partial charge in [-0.15, -0.1) is 4.99 Å². The molecular weight excluding hydrogens is 132 g/mol. The number of isocyanates is 1. The van der Waals surface area contributed by atoms with Crippen molar-refractivity contribution in [2.45, 2.75) is 0 Å². The second-order valence-electron chi connectivity index (χ2n) is 1.59. The molecule has 0 aromatic carbocycles. The van der Waals surface area contributed by atoms with Crippen LogP contribution in [0.3, 0.4) is 0 Å². The summed E-state index contributed by atoms with van der Waals surface area (Å²) >= 11 is 0. The normalized spacial score (nSPS) is 8.40. The van der Waals surface area contributed by atoms with Gasteiger partial charge in [-0.05, 0) is 12.1 Å². The van der Waals surface area contributed by atoms with Crippen LogP contribution in [0.25, 0.3) is 0 Å². The molecule has 1 amide bonds. The first-order chi connectivity index (χ1) is 4.84. The molecule has 0 radical (unpaired) electrons. The van der Waals surface area contributed by atoms with Gasteiger partial charge in [0, 0.05) is 6.20 Å². The minimum atomic E-state index is -0.597. The van der Waals surface area contributed by atoms with E-state index in [9.17, 15) is 9.59 Å². The summed E-state index contributed by atoms with van der Waals surface area (Å²) in [6.45, 7) is 0. The van der Waals surface area contributed by atoms with Crippen molar-refractivity contribution < 1.29 is 9.59 Å². The number of amides is 1. The van der Waals surface area contributed by atoms with E-state index in [0.29, 0.717) is 5.69 Å². The molecule has 50 valence electrons. The molecular formula is C6H4N2O2. The van der Waals surface area contributed by atoms with Crippen molar-refractivity contribution in [1.29, 1.82) is 0 Å². The quantitative estimate of drug-likeness (QED) is 0.451. The number of nitrogens with zero attached hydrogens (tertiary/aromatic N) is 1. The topological polar surface area (TPSA) is 62.3 Å². The van der Waals surface area contributed by atoms with Crippen LogP contribution in [0.4, 0.5) is 0 Å². The monoisotopic (exact) mass is 136 g/mol. The number of aromatic nitrogens is 1. The van der Waals surface area contributed by atoms with Gasteiger partial charge >= 0.3 is 5.91 Å². The van der Waals surface area contributed by atoms with Crippen LogP contribution < -0.4 is 0 Å². The Morgan fingerprint density at radius 2 is 2.50 bits per heavy atom. The molecule has 0 aliphatic heterocycles. The van der Waals surface area contributed by atoms with Gasteiger partial charge in [-0.2, -0.15) is 0 Å². The van der Waals surface area contributed by atoms with E-state index in [-0.39, 0.29) is 0 Å². The fraction of sp³-hybridized carbons (Fsp3) is 0. The van der Waals surface area contributed by atoms with E-state index in [1.807, 2.05) is 0 Å². The number of carbonyl (C=O) groups is 1. The summed E-state index contributed by atoms with van der Waals surface area (Å²) in [5.41, 5.74) is 0.295. The van der Waals surface area contributed by atoms with Crippen molar-refractivity contribution in [2.24, 2.45) is 4.99 Å². The number of H-pyrrole nitrogens is 1. The van der Waals surface area contributed by atoms with E-state index in [0.717, 1.165) is 6.08 Å². The highest BCUT2D eigenvalue weighted by Crippen LogP contribution is 1.95. The summed E-state index contributed by atoms with van der Waals surface area (Å²) in [7, 11) is 0. The van der Waals surface area contributed by atoms with Gasteiger partial charge in [0.25, 0.3) is 0 Å². The molecule has 0 aliphatic carbocycles. The smallest absolute Gasteiger partial charge is 0.304 e. The SMILES string of the molecule is O=C=NC(=O)c1ccc[nH]1. The molecule has 4 heteroatoms. The molecule has 0 saturated heterocycles. The summed E-state index contributed by atoms with van der Waals surface area (Å²) < 4.78 is 0. The first kappa shape index (κ1) is 6.45. The Balaban J connectivity index is 2.87. The highest BCUT2D eigenvalue weighted by atomic mass is 16.2. The summed E-state index contributed by atoms with van der Waals surface area (Å²) in [6.07, 6.45) is 2.74. The number of aromatic amines is 1. The highest BCUT2D eigenvalue weighted by Gasteiger charge is 2.01. The third kappa shape index (κ3) is 1.18. The summed E-state index contributed by atoms with van der Waals surface area (Å²) in [5.74, 6) is -0.597. The number of hydrogen-bond acceptors (Lipinski definition) is 2. The summed E-state index contributed by atoms with van der Waals surface area (Å²) in [6, 6.07) is 3.18. The lowest BCUT2D eigenvalue weighted by molar-refractivity contribution is 0.0999. The van der Waals surface area contributed by atoms with Gasteiger partial charge in [0.05, 0.1) is 0 Å². The zero-order chi connectivity index (χ0) is 7.40. The van der Waals surface area contributed by atoms with E-state index >= 15 is 0 Å². The molecule has 0 unspecified atom stereocenters. The summed E-state index contributed by atoms with van der Waals surface area (Å²) in [4.78, 5) is 25.7. The largest absolute Gasteiger partial charge is 0.357 e. The van der Waals surface area contributed by atoms with Crippen molar-refractivity contribution in [3.8, 4) is 0 Å². The van der Waals surface area contributed by atoms with Crippen LogP contribution in [0.2, 0.25) is 0 Å². The maximum absolute atomic E-state index is 10.6. The lowest BCUT2D eigenvalue weighted by atomic mass is 10.4. The fourth-order valence-electron chi connectivity index (χ4n) is 0.565. The van der Waals surface area contributed by atoms with Gasteiger partial charge in [0.15, 0.2) is 0 Å².